The lowest BCUT2D eigenvalue weighted by molar-refractivity contribution is -0.255. The maximum Gasteiger partial charge on any atom is 0.0733 e. The quantitative estimate of drug-likeness (QED) is 0.741. The monoisotopic (exact) mass is 290 g/mol. The van der Waals surface area contributed by atoms with E-state index in [2.05, 4.69) is 0 Å². The van der Waals surface area contributed by atoms with E-state index in [4.69, 9.17) is 0 Å². The smallest absolute Gasteiger partial charge is 0.0733 e. The highest BCUT2D eigenvalue weighted by atomic mass is 16.4. The Labute approximate surface area is 129 Å². The number of aromatic carboxylic acids is 1. The van der Waals surface area contributed by atoms with E-state index in [1.54, 1.807) is 6.07 Å². The van der Waals surface area contributed by atoms with Crippen LogP contribution in [0.1, 0.15) is 21.6 Å². The summed E-state index contributed by atoms with van der Waals surface area (Å²) in [4.78, 5) is 11.3. The van der Waals surface area contributed by atoms with Crippen molar-refractivity contribution < 1.29 is 9.90 Å². The highest BCUT2D eigenvalue weighted by Gasteiger charge is 2.14. The molecule has 0 radical (unpaired) electrons. The molecule has 0 aliphatic rings. The second kappa shape index (κ2) is 5.90. The molecule has 0 aliphatic heterocycles. The van der Waals surface area contributed by atoms with E-state index in [9.17, 15) is 9.90 Å². The number of hydrogen-bond acceptors (Lipinski definition) is 2. The molecule has 0 N–H and O–H groups in total. The van der Waals surface area contributed by atoms with Gasteiger partial charge in [-0.3, -0.25) is 0 Å². The van der Waals surface area contributed by atoms with Gasteiger partial charge in [0, 0.05) is 23.5 Å². The number of carbonyl (C=O) groups is 1. The first-order chi connectivity index (χ1) is 10.7. The second-order valence-electron chi connectivity index (χ2n) is 5.25. The summed E-state index contributed by atoms with van der Waals surface area (Å²) >= 11 is 0. The summed E-state index contributed by atoms with van der Waals surface area (Å²) in [6, 6.07) is 21.5. The lowest BCUT2D eigenvalue weighted by atomic mass is 10.1. The molecule has 0 atom stereocenters. The van der Waals surface area contributed by atoms with Crippen LogP contribution in [-0.2, 0) is 6.54 Å². The highest BCUT2D eigenvalue weighted by molar-refractivity contribution is 5.89. The number of nitrogens with zero attached hydrogens (tertiary/aromatic N) is 1. The number of carboxylic acids is 1. The van der Waals surface area contributed by atoms with Crippen LogP contribution in [0.3, 0.4) is 0 Å². The number of carboxylic acid groups (broad SMARTS) is 1. The van der Waals surface area contributed by atoms with Crippen molar-refractivity contribution in [3.8, 4) is 11.3 Å². The maximum absolute atomic E-state index is 11.3. The van der Waals surface area contributed by atoms with E-state index in [0.717, 1.165) is 16.8 Å². The minimum Gasteiger partial charge on any atom is -0.545 e. The van der Waals surface area contributed by atoms with Crippen LogP contribution in [0.2, 0.25) is 0 Å². The zero-order chi connectivity index (χ0) is 15.5. The minimum absolute atomic E-state index is 0.245. The van der Waals surface area contributed by atoms with E-state index in [0.29, 0.717) is 12.2 Å². The molecule has 0 saturated carbocycles. The molecule has 22 heavy (non-hydrogen) atoms. The van der Waals surface area contributed by atoms with Gasteiger partial charge in [-0.2, -0.15) is 0 Å². The van der Waals surface area contributed by atoms with Crippen molar-refractivity contribution in [3.05, 3.63) is 83.6 Å². The molecule has 1 heterocycles. The molecule has 3 aromatic rings. The van der Waals surface area contributed by atoms with Crippen molar-refractivity contribution in [1.82, 2.24) is 4.57 Å². The van der Waals surface area contributed by atoms with Gasteiger partial charge in [-0.1, -0.05) is 60.7 Å². The van der Waals surface area contributed by atoms with E-state index in [-0.39, 0.29) is 5.56 Å². The first kappa shape index (κ1) is 14.1. The molecule has 3 rings (SSSR count). The highest BCUT2D eigenvalue weighted by Crippen LogP contribution is 2.26. The van der Waals surface area contributed by atoms with E-state index < -0.39 is 5.97 Å². The molecule has 0 bridgehead atoms. The Morgan fingerprint density at radius 3 is 2.18 bits per heavy atom. The molecule has 3 nitrogen and oxygen atoms in total. The SMILES string of the molecule is Cc1c(C(=O)[O-])cc(-c2ccccc2)n1Cc1ccccc1. The summed E-state index contributed by atoms with van der Waals surface area (Å²) < 4.78 is 2.02. The average molecular weight is 290 g/mol. The van der Waals surface area contributed by atoms with Crippen LogP contribution in [-0.4, -0.2) is 10.5 Å². The zero-order valence-corrected chi connectivity index (χ0v) is 12.3. The predicted molar refractivity (Wildman–Crippen MR) is 84.5 cm³/mol. The Balaban J connectivity index is 2.12. The summed E-state index contributed by atoms with van der Waals surface area (Å²) in [6.07, 6.45) is 0. The largest absolute Gasteiger partial charge is 0.545 e. The molecular weight excluding hydrogens is 274 g/mol. The fourth-order valence-corrected chi connectivity index (χ4v) is 2.67. The van der Waals surface area contributed by atoms with Gasteiger partial charge >= 0.3 is 0 Å². The first-order valence-corrected chi connectivity index (χ1v) is 7.17. The lowest BCUT2D eigenvalue weighted by Crippen LogP contribution is -2.22. The molecule has 0 aliphatic carbocycles. The Bertz CT molecular complexity index is 789. The molecule has 0 amide bonds. The van der Waals surface area contributed by atoms with Gasteiger partial charge in [0.25, 0.3) is 0 Å². The molecule has 1 aromatic heterocycles. The topological polar surface area (TPSA) is 45.1 Å². The van der Waals surface area contributed by atoms with Crippen molar-refractivity contribution in [2.75, 3.05) is 0 Å². The van der Waals surface area contributed by atoms with E-state index in [1.165, 1.54) is 0 Å². The zero-order valence-electron chi connectivity index (χ0n) is 12.3. The van der Waals surface area contributed by atoms with E-state index >= 15 is 0 Å². The Kier molecular flexibility index (Phi) is 3.79. The van der Waals surface area contributed by atoms with Crippen LogP contribution in [0.4, 0.5) is 0 Å². The summed E-state index contributed by atoms with van der Waals surface area (Å²) in [5, 5.41) is 11.3. The van der Waals surface area contributed by atoms with Crippen molar-refractivity contribution in [2.24, 2.45) is 0 Å². The molecule has 2 aromatic carbocycles. The van der Waals surface area contributed by atoms with Crippen molar-refractivity contribution >= 4 is 5.97 Å². The van der Waals surface area contributed by atoms with Gasteiger partial charge in [0.2, 0.25) is 0 Å². The van der Waals surface area contributed by atoms with Gasteiger partial charge in [-0.05, 0) is 24.1 Å². The number of aromatic nitrogens is 1. The van der Waals surface area contributed by atoms with Crippen molar-refractivity contribution in [1.29, 1.82) is 0 Å². The maximum atomic E-state index is 11.3. The first-order valence-electron chi connectivity index (χ1n) is 7.17. The van der Waals surface area contributed by atoms with Crippen LogP contribution in [0.5, 0.6) is 0 Å². The third kappa shape index (κ3) is 2.66. The van der Waals surface area contributed by atoms with Gasteiger partial charge in [0.15, 0.2) is 0 Å². The predicted octanol–water partition coefficient (Wildman–Crippen LogP) is 2.88. The van der Waals surface area contributed by atoms with Gasteiger partial charge in [-0.15, -0.1) is 0 Å². The van der Waals surface area contributed by atoms with Gasteiger partial charge in [0.1, 0.15) is 0 Å². The number of rotatable bonds is 4. The molecule has 0 saturated heterocycles. The molecule has 3 heteroatoms. The number of hydrogen-bond donors (Lipinski definition) is 0. The van der Waals surface area contributed by atoms with Crippen LogP contribution in [0, 0.1) is 6.92 Å². The normalized spacial score (nSPS) is 10.6. The summed E-state index contributed by atoms with van der Waals surface area (Å²) in [5.74, 6) is -1.14. The summed E-state index contributed by atoms with van der Waals surface area (Å²) in [7, 11) is 0. The third-order valence-corrected chi connectivity index (χ3v) is 3.84. The molecule has 0 fully saturated rings. The number of carbonyl (C=O) groups excluding carboxylic acids is 1. The third-order valence-electron chi connectivity index (χ3n) is 3.84. The minimum atomic E-state index is -1.14. The van der Waals surface area contributed by atoms with Gasteiger partial charge in [-0.25, -0.2) is 0 Å². The standard InChI is InChI=1S/C19H17NO2/c1-14-17(19(21)22)12-18(16-10-6-3-7-11-16)20(14)13-15-8-4-2-5-9-15/h2-12H,13H2,1H3,(H,21,22)/p-1. The lowest BCUT2D eigenvalue weighted by Gasteiger charge is -2.12. The van der Waals surface area contributed by atoms with Crippen molar-refractivity contribution in [3.63, 3.8) is 0 Å². The van der Waals surface area contributed by atoms with E-state index in [1.807, 2.05) is 72.2 Å². The fraction of sp³-hybridized carbons (Fsp3) is 0.105. The average Bonchev–Trinajstić information content (AvgIpc) is 2.87. The van der Waals surface area contributed by atoms with Gasteiger partial charge < -0.3 is 14.5 Å². The summed E-state index contributed by atoms with van der Waals surface area (Å²) in [5.41, 5.74) is 3.97. The molecular formula is C19H16NO2-. The number of benzene rings is 2. The Morgan fingerprint density at radius 2 is 1.59 bits per heavy atom. The van der Waals surface area contributed by atoms with Gasteiger partial charge in [0.05, 0.1) is 5.97 Å². The van der Waals surface area contributed by atoms with Crippen LogP contribution < -0.4 is 5.11 Å². The van der Waals surface area contributed by atoms with Crippen molar-refractivity contribution in [2.45, 2.75) is 13.5 Å². The summed E-state index contributed by atoms with van der Waals surface area (Å²) in [6.45, 7) is 2.45. The van der Waals surface area contributed by atoms with Crippen LogP contribution >= 0.6 is 0 Å². The Morgan fingerprint density at radius 1 is 1.00 bits per heavy atom. The Hall–Kier alpha value is -2.81. The fourth-order valence-electron chi connectivity index (χ4n) is 2.67. The van der Waals surface area contributed by atoms with Crippen LogP contribution in [0.25, 0.3) is 11.3 Å². The van der Waals surface area contributed by atoms with Crippen LogP contribution in [0.15, 0.2) is 66.7 Å². The molecule has 0 spiro atoms. The molecule has 110 valence electrons. The second-order valence-corrected chi connectivity index (χ2v) is 5.25. The molecule has 0 unspecified atom stereocenters.